The van der Waals surface area contributed by atoms with Crippen molar-refractivity contribution >= 4 is 21.5 Å². The lowest BCUT2D eigenvalue weighted by Gasteiger charge is -2.38. The molecule has 2 aliphatic heterocycles. The first-order valence-corrected chi connectivity index (χ1v) is 25.8. The summed E-state index contributed by atoms with van der Waals surface area (Å²) in [5.74, 6) is 0. The van der Waals surface area contributed by atoms with Gasteiger partial charge in [-0.05, 0) is 147 Å². The highest BCUT2D eigenvalue weighted by Crippen LogP contribution is 2.51. The van der Waals surface area contributed by atoms with Gasteiger partial charge >= 0.3 is 0 Å². The van der Waals surface area contributed by atoms with Crippen LogP contribution in [0.15, 0.2) is 267 Å². The lowest BCUT2D eigenvalue weighted by Crippen LogP contribution is -2.44. The molecule has 2 heterocycles. The van der Waals surface area contributed by atoms with Crippen LogP contribution < -0.4 is 0 Å². The van der Waals surface area contributed by atoms with Crippen molar-refractivity contribution in [2.45, 2.75) is 26.2 Å². The number of benzene rings is 12. The Morgan fingerprint density at radius 1 is 0.219 bits per heavy atom. The van der Waals surface area contributed by atoms with Gasteiger partial charge in [0.2, 0.25) is 0 Å². The molecular formula is C72H52N+. The van der Waals surface area contributed by atoms with E-state index < -0.39 is 0 Å². The predicted octanol–water partition coefficient (Wildman–Crippen LogP) is 18.9. The fourth-order valence-electron chi connectivity index (χ4n) is 12.5. The summed E-state index contributed by atoms with van der Waals surface area (Å²) in [6, 6.07) is 100. The Labute approximate surface area is 428 Å². The number of quaternary nitrogens is 1. The Morgan fingerprint density at radius 2 is 0.534 bits per heavy atom. The van der Waals surface area contributed by atoms with E-state index in [1.165, 1.54) is 133 Å². The molecule has 2 aliphatic rings. The predicted molar refractivity (Wildman–Crippen MR) is 306 cm³/mol. The molecule has 0 atom stereocenters. The summed E-state index contributed by atoms with van der Waals surface area (Å²) in [4.78, 5) is 0. The highest BCUT2D eigenvalue weighted by molar-refractivity contribution is 6.08. The van der Waals surface area contributed by atoms with Crippen molar-refractivity contribution in [2.24, 2.45) is 0 Å². The minimum Gasteiger partial charge on any atom is -0.309 e. The van der Waals surface area contributed by atoms with E-state index in [0.29, 0.717) is 0 Å². The molecule has 73 heavy (non-hydrogen) atoms. The zero-order valence-corrected chi connectivity index (χ0v) is 40.7. The van der Waals surface area contributed by atoms with Crippen LogP contribution >= 0.6 is 0 Å². The maximum absolute atomic E-state index is 2.46. The summed E-state index contributed by atoms with van der Waals surface area (Å²) in [5, 5.41) is 5.22. The summed E-state index contributed by atoms with van der Waals surface area (Å²) >= 11 is 0. The van der Waals surface area contributed by atoms with Crippen molar-refractivity contribution < 1.29 is 4.48 Å². The molecule has 0 bridgehead atoms. The van der Waals surface area contributed by atoms with Crippen LogP contribution in [-0.4, -0.2) is 4.48 Å². The summed E-state index contributed by atoms with van der Waals surface area (Å²) < 4.78 is 0.832. The molecule has 0 unspecified atom stereocenters. The van der Waals surface area contributed by atoms with Crippen molar-refractivity contribution in [1.82, 2.24) is 0 Å². The fraction of sp³-hybridized carbons (Fsp3) is 0.0556. The van der Waals surface area contributed by atoms with E-state index in [2.05, 4.69) is 267 Å². The lowest BCUT2D eigenvalue weighted by molar-refractivity contribution is -0.977. The quantitative estimate of drug-likeness (QED) is 0.146. The Kier molecular flexibility index (Phi) is 10.4. The normalized spacial score (nSPS) is 13.4. The smallest absolute Gasteiger partial charge is 0.106 e. The topological polar surface area (TPSA) is 0 Å². The summed E-state index contributed by atoms with van der Waals surface area (Å²) in [6.07, 6.45) is 0. The molecule has 0 saturated carbocycles. The van der Waals surface area contributed by atoms with Crippen LogP contribution in [0.4, 0.5) is 0 Å². The zero-order chi connectivity index (χ0) is 48.3. The first-order valence-electron chi connectivity index (χ1n) is 25.8. The van der Waals surface area contributed by atoms with Crippen LogP contribution in [0.3, 0.4) is 0 Å². The molecule has 0 N–H and O–H groups in total. The molecule has 0 saturated heterocycles. The zero-order valence-electron chi connectivity index (χ0n) is 40.7. The second-order valence-corrected chi connectivity index (χ2v) is 20.3. The van der Waals surface area contributed by atoms with Crippen LogP contribution in [0, 0.1) is 0 Å². The number of rotatable bonds is 6. The van der Waals surface area contributed by atoms with Crippen LogP contribution in [0.1, 0.15) is 22.3 Å². The van der Waals surface area contributed by atoms with Crippen molar-refractivity contribution in [2.75, 3.05) is 0 Å². The highest BCUT2D eigenvalue weighted by Gasteiger charge is 2.40. The summed E-state index contributed by atoms with van der Waals surface area (Å²) in [6.45, 7) is 3.47. The third kappa shape index (κ3) is 7.69. The average Bonchev–Trinajstić information content (AvgIpc) is 3.72. The Bertz CT molecular complexity index is 3680. The van der Waals surface area contributed by atoms with Gasteiger partial charge in [-0.1, -0.05) is 231 Å². The molecule has 0 amide bonds. The average molecular weight is 931 g/mol. The van der Waals surface area contributed by atoms with Gasteiger partial charge in [0, 0.05) is 22.3 Å². The molecule has 12 aromatic rings. The van der Waals surface area contributed by atoms with Crippen molar-refractivity contribution in [1.29, 1.82) is 0 Å². The largest absolute Gasteiger partial charge is 0.309 e. The Morgan fingerprint density at radius 3 is 0.904 bits per heavy atom. The number of hydrogen-bond acceptors (Lipinski definition) is 0. The van der Waals surface area contributed by atoms with E-state index in [4.69, 9.17) is 0 Å². The summed E-state index contributed by atoms with van der Waals surface area (Å²) in [5.41, 5.74) is 25.8. The number of nitrogens with zero attached hydrogens (tertiary/aromatic N) is 1. The van der Waals surface area contributed by atoms with Gasteiger partial charge in [0.15, 0.2) is 0 Å². The van der Waals surface area contributed by atoms with Crippen LogP contribution in [0.2, 0.25) is 0 Å². The maximum Gasteiger partial charge on any atom is 0.106 e. The number of hydrogen-bond donors (Lipinski definition) is 0. The van der Waals surface area contributed by atoms with E-state index in [1.54, 1.807) is 0 Å². The number of fused-ring (bicyclic) bond motifs is 10. The fourth-order valence-corrected chi connectivity index (χ4v) is 12.5. The Hall–Kier alpha value is -8.88. The molecule has 344 valence electrons. The SMILES string of the molecule is c1ccc(-c2cc(-c3ccccc3)cc(-c3cccc4c3C[N+]3(Cc5ccc6ccccc6c5-c5c(ccc6ccccc56)C3)Cc3c(-c5cc(-c6ccccc6)cc(-c6ccccc6)c5)cccc3-4)c2)cc1. The second-order valence-electron chi connectivity index (χ2n) is 20.3. The molecule has 1 heteroatoms. The molecule has 12 aromatic carbocycles. The van der Waals surface area contributed by atoms with Crippen molar-refractivity contribution in [3.05, 3.63) is 289 Å². The van der Waals surface area contributed by atoms with Gasteiger partial charge in [0.05, 0.1) is 0 Å². The molecule has 0 aliphatic carbocycles. The van der Waals surface area contributed by atoms with Gasteiger partial charge in [-0.25, -0.2) is 0 Å². The minimum atomic E-state index is 0.832. The third-order valence-electron chi connectivity index (χ3n) is 15.8. The van der Waals surface area contributed by atoms with Crippen LogP contribution in [0.5, 0.6) is 0 Å². The monoisotopic (exact) mass is 930 g/mol. The third-order valence-corrected chi connectivity index (χ3v) is 15.8. The summed E-state index contributed by atoms with van der Waals surface area (Å²) in [7, 11) is 0. The van der Waals surface area contributed by atoms with Gasteiger partial charge in [0.1, 0.15) is 26.2 Å². The first kappa shape index (κ1) is 43.0. The maximum atomic E-state index is 2.46. The molecular weight excluding hydrogens is 879 g/mol. The van der Waals surface area contributed by atoms with Gasteiger partial charge in [-0.3, -0.25) is 0 Å². The molecule has 1 nitrogen and oxygen atoms in total. The van der Waals surface area contributed by atoms with Crippen LogP contribution in [-0.2, 0) is 26.2 Å². The first-order chi connectivity index (χ1) is 36.1. The van der Waals surface area contributed by atoms with E-state index >= 15 is 0 Å². The van der Waals surface area contributed by atoms with E-state index in [0.717, 1.165) is 30.7 Å². The molecule has 0 aromatic heterocycles. The molecule has 0 radical (unpaired) electrons. The van der Waals surface area contributed by atoms with E-state index in [9.17, 15) is 0 Å². The van der Waals surface area contributed by atoms with Gasteiger partial charge < -0.3 is 4.48 Å². The molecule has 14 rings (SSSR count). The van der Waals surface area contributed by atoms with Crippen molar-refractivity contribution in [3.63, 3.8) is 0 Å². The molecule has 1 spiro atoms. The lowest BCUT2D eigenvalue weighted by atomic mass is 9.86. The van der Waals surface area contributed by atoms with Crippen molar-refractivity contribution in [3.8, 4) is 89.0 Å². The second kappa shape index (κ2) is 17.8. The highest BCUT2D eigenvalue weighted by atomic mass is 15.4. The van der Waals surface area contributed by atoms with Gasteiger partial charge in [-0.15, -0.1) is 0 Å². The van der Waals surface area contributed by atoms with Gasteiger partial charge in [-0.2, -0.15) is 0 Å². The van der Waals surface area contributed by atoms with Gasteiger partial charge in [0.25, 0.3) is 0 Å². The molecule has 0 fully saturated rings. The van der Waals surface area contributed by atoms with Crippen LogP contribution in [0.25, 0.3) is 111 Å². The van der Waals surface area contributed by atoms with E-state index in [1.807, 2.05) is 0 Å². The Balaban J connectivity index is 1.05. The standard InChI is InChI=1S/C72H52N/c1-5-19-49(20-6-1)57-39-58(50-21-7-2-8-22-50)42-61(41-57)63-31-17-33-67-68-34-18-32-64(62-43-59(51-23-9-3-10-24-51)40-60(44-62)52-25-11-4-12-26-52)70(68)48-73(47-69(63)67)45-55-37-35-53-27-13-15-29-65(53)71(55)72-56(46-73)38-36-54-28-14-16-30-66(54)72/h1-44H,45-48H2/q+1. The van der Waals surface area contributed by atoms with E-state index in [-0.39, 0.29) is 0 Å². The minimum absolute atomic E-state index is 0.832.